The second kappa shape index (κ2) is 22.1. The van der Waals surface area contributed by atoms with Gasteiger partial charge in [-0.05, 0) is 82.1 Å². The molecule has 0 radical (unpaired) electrons. The van der Waals surface area contributed by atoms with E-state index in [4.69, 9.17) is 14.6 Å². The quantitative estimate of drug-likeness (QED) is 0.0553. The smallest absolute Gasteiger partial charge is 0.433 e. The Morgan fingerprint density at radius 2 is 1.65 bits per heavy atom. The van der Waals surface area contributed by atoms with E-state index in [1.165, 1.54) is 32.4 Å². The zero-order valence-corrected chi connectivity index (χ0v) is 28.9. The number of oxime groups is 1. The summed E-state index contributed by atoms with van der Waals surface area (Å²) in [4.78, 5) is 46.0. The molecular weight excluding hydrogens is 616 g/mol. The zero-order valence-electron chi connectivity index (χ0n) is 28.9. The molecule has 6 unspecified atom stereocenters. The minimum Gasteiger partial charge on any atom is -0.478 e. The Morgan fingerprint density at radius 3 is 2.10 bits per heavy atom. The van der Waals surface area contributed by atoms with Gasteiger partial charge in [-0.1, -0.05) is 74.8 Å². The Hall–Kier alpha value is -4.51. The van der Waals surface area contributed by atoms with E-state index in [2.05, 4.69) is 46.4 Å². The molecule has 4 aliphatic rings. The van der Waals surface area contributed by atoms with Crippen molar-refractivity contribution >= 4 is 35.8 Å². The number of rotatable bonds is 9. The first-order valence-electron chi connectivity index (χ1n) is 16.0. The van der Waals surface area contributed by atoms with Crippen LogP contribution in [-0.4, -0.2) is 67.3 Å². The van der Waals surface area contributed by atoms with Crippen LogP contribution in [0.2, 0.25) is 0 Å². The topological polar surface area (TPSA) is 153 Å². The van der Waals surface area contributed by atoms with Gasteiger partial charge in [0.05, 0.1) is 31.6 Å². The maximum Gasteiger partial charge on any atom is 0.433 e. The molecule has 4 fully saturated rings. The van der Waals surface area contributed by atoms with Crippen LogP contribution in [0.15, 0.2) is 79.0 Å². The highest BCUT2D eigenvalue weighted by Gasteiger charge is 2.64. The van der Waals surface area contributed by atoms with Crippen LogP contribution in [0.3, 0.4) is 0 Å². The maximum atomic E-state index is 11.0. The third kappa shape index (κ3) is 15.4. The molecule has 3 saturated carbocycles. The van der Waals surface area contributed by atoms with Gasteiger partial charge in [0.25, 0.3) is 0 Å². The predicted molar refractivity (Wildman–Crippen MR) is 186 cm³/mol. The molecule has 0 aromatic heterocycles. The van der Waals surface area contributed by atoms with Crippen molar-refractivity contribution in [1.29, 1.82) is 0 Å². The number of carbonyl (C=O) groups is 4. The number of ether oxygens (including phenoxy) is 3. The molecule has 0 spiro atoms. The minimum atomic E-state index is -0.935. The lowest BCUT2D eigenvalue weighted by atomic mass is 9.81. The molecule has 1 amide bonds. The van der Waals surface area contributed by atoms with Crippen LogP contribution in [0.4, 0.5) is 4.79 Å². The molecule has 2 N–H and O–H groups in total. The van der Waals surface area contributed by atoms with E-state index < -0.39 is 24.0 Å². The number of esters is 2. The lowest BCUT2D eigenvalue weighted by Gasteiger charge is -2.25. The van der Waals surface area contributed by atoms with Crippen LogP contribution in [-0.2, 0) is 33.4 Å². The summed E-state index contributed by atoms with van der Waals surface area (Å²) in [6.45, 7) is 20.2. The highest BCUT2D eigenvalue weighted by atomic mass is 16.7. The standard InChI is InChI=1S/C11H18N2O4.C10H14O.C8H8.2C4H6O2/c1-5-9(4)13-17-11(15)12-6-7-16-10(14)8(2)3;1-2-6-3-5(1)7-4-8-10(11-8)9(6)7;1-2-8-6-4-3-5-7-8;1-3-4(5)6-2;1-3(2)4(5)6/h2,5-7H2,1,3-4H3,(H,12,15);5-10H,1-4H2;2-7H,1H2;3H,1H2,2H3;1H2,2H3,(H,5,6)/b13-9+;;;;. The summed E-state index contributed by atoms with van der Waals surface area (Å²) in [5.74, 6) is 2.53. The monoisotopic (exact) mass is 668 g/mol. The molecule has 1 saturated heterocycles. The van der Waals surface area contributed by atoms with Gasteiger partial charge in [-0.2, -0.15) is 0 Å². The Balaban J connectivity index is 0.000000320. The number of aliphatic carboxylic acids is 1. The van der Waals surface area contributed by atoms with Crippen molar-refractivity contribution in [3.63, 3.8) is 0 Å². The Labute approximate surface area is 284 Å². The first-order chi connectivity index (χ1) is 22.8. The lowest BCUT2D eigenvalue weighted by Crippen LogP contribution is -2.27. The van der Waals surface area contributed by atoms with E-state index in [-0.39, 0.29) is 18.7 Å². The zero-order chi connectivity index (χ0) is 36.2. The van der Waals surface area contributed by atoms with Crippen molar-refractivity contribution in [3.8, 4) is 0 Å². The number of carbonyl (C=O) groups excluding carboxylic acids is 3. The molecule has 1 aromatic rings. The number of nitrogens with one attached hydrogen (secondary N) is 1. The van der Waals surface area contributed by atoms with Crippen LogP contribution >= 0.6 is 0 Å². The normalized spacial score (nSPS) is 23.0. The first-order valence-corrected chi connectivity index (χ1v) is 16.0. The average molecular weight is 669 g/mol. The van der Waals surface area contributed by atoms with Gasteiger partial charge in [0.2, 0.25) is 0 Å². The van der Waals surface area contributed by atoms with Gasteiger partial charge in [0.1, 0.15) is 6.61 Å². The summed E-state index contributed by atoms with van der Waals surface area (Å²) in [5.41, 5.74) is 2.38. The Kier molecular flexibility index (Phi) is 19.1. The summed E-state index contributed by atoms with van der Waals surface area (Å²) >= 11 is 0. The molecule has 5 rings (SSSR count). The lowest BCUT2D eigenvalue weighted by molar-refractivity contribution is -0.139. The van der Waals surface area contributed by atoms with Crippen molar-refractivity contribution in [1.82, 2.24) is 5.32 Å². The van der Waals surface area contributed by atoms with Gasteiger partial charge in [-0.25, -0.2) is 19.2 Å². The summed E-state index contributed by atoms with van der Waals surface area (Å²) in [6.07, 6.45) is 10.5. The molecular formula is C37H52N2O9. The Bertz CT molecular complexity index is 1280. The highest BCUT2D eigenvalue weighted by Crippen LogP contribution is 2.64. The first kappa shape index (κ1) is 41.5. The third-order valence-electron chi connectivity index (χ3n) is 8.18. The fourth-order valence-electron chi connectivity index (χ4n) is 5.58. The van der Waals surface area contributed by atoms with Crippen molar-refractivity contribution in [2.75, 3.05) is 20.3 Å². The van der Waals surface area contributed by atoms with Gasteiger partial charge >= 0.3 is 24.0 Å². The second-order valence-corrected chi connectivity index (χ2v) is 11.8. The van der Waals surface area contributed by atoms with E-state index in [9.17, 15) is 19.2 Å². The average Bonchev–Trinajstić information content (AvgIpc) is 3.38. The number of carboxylic acid groups (broad SMARTS) is 1. The minimum absolute atomic E-state index is 0.0667. The number of carboxylic acids is 1. The summed E-state index contributed by atoms with van der Waals surface area (Å²) in [5, 5.41) is 13.8. The summed E-state index contributed by atoms with van der Waals surface area (Å²) < 4.78 is 14.5. The van der Waals surface area contributed by atoms with E-state index in [0.29, 0.717) is 17.7 Å². The van der Waals surface area contributed by atoms with E-state index in [1.54, 1.807) is 26.7 Å². The number of fused-ring (bicyclic) bond motifs is 7. The number of epoxide rings is 1. The molecule has 48 heavy (non-hydrogen) atoms. The molecule has 3 aliphatic carbocycles. The van der Waals surface area contributed by atoms with Crippen LogP contribution in [0.5, 0.6) is 0 Å². The largest absolute Gasteiger partial charge is 0.478 e. The molecule has 2 bridgehead atoms. The predicted octanol–water partition coefficient (Wildman–Crippen LogP) is 6.76. The number of nitrogens with zero attached hydrogens (tertiary/aromatic N) is 1. The molecule has 1 aromatic carbocycles. The van der Waals surface area contributed by atoms with Gasteiger partial charge in [0.15, 0.2) is 0 Å². The second-order valence-electron chi connectivity index (χ2n) is 11.8. The maximum absolute atomic E-state index is 11.0. The van der Waals surface area contributed by atoms with Crippen molar-refractivity contribution < 1.29 is 43.3 Å². The van der Waals surface area contributed by atoms with E-state index in [1.807, 2.05) is 43.3 Å². The van der Waals surface area contributed by atoms with E-state index in [0.717, 1.165) is 42.0 Å². The Morgan fingerprint density at radius 1 is 1.02 bits per heavy atom. The third-order valence-corrected chi connectivity index (χ3v) is 8.18. The van der Waals surface area contributed by atoms with Crippen LogP contribution in [0, 0.1) is 23.7 Å². The molecule has 11 nitrogen and oxygen atoms in total. The van der Waals surface area contributed by atoms with Crippen molar-refractivity contribution in [3.05, 3.63) is 79.4 Å². The summed E-state index contributed by atoms with van der Waals surface area (Å²) in [7, 11) is 1.31. The van der Waals surface area contributed by atoms with Crippen molar-refractivity contribution in [2.45, 2.75) is 72.0 Å². The highest BCUT2D eigenvalue weighted by molar-refractivity contribution is 5.87. The van der Waals surface area contributed by atoms with Gasteiger partial charge in [-0.3, -0.25) is 4.84 Å². The fraction of sp³-hybridized carbons (Fsp3) is 0.486. The summed E-state index contributed by atoms with van der Waals surface area (Å²) in [6, 6.07) is 10.0. The number of hydrogen-bond acceptors (Lipinski definition) is 9. The molecule has 1 aliphatic heterocycles. The van der Waals surface area contributed by atoms with Crippen molar-refractivity contribution in [2.24, 2.45) is 28.8 Å². The van der Waals surface area contributed by atoms with Crippen LogP contribution in [0.1, 0.15) is 65.4 Å². The number of methoxy groups -OCH3 is 1. The molecule has 264 valence electrons. The van der Waals surface area contributed by atoms with Crippen LogP contribution in [0.25, 0.3) is 6.08 Å². The van der Waals surface area contributed by atoms with Crippen LogP contribution < -0.4 is 5.32 Å². The molecule has 11 heteroatoms. The van der Waals surface area contributed by atoms with Gasteiger partial charge in [0, 0.05) is 17.2 Å². The molecule has 1 heterocycles. The number of benzene rings is 1. The van der Waals surface area contributed by atoms with Gasteiger partial charge < -0.3 is 24.6 Å². The number of amides is 1. The SMILES string of the molecule is C1CC2CC1C1CC3OC3C21.C=C(C)C(=O)O.C=C(C)C(=O)OCCNC(=O)O/N=C(\C)CC.C=CC(=O)OC.C=Cc1ccccc1. The molecule has 6 atom stereocenters. The van der Waals surface area contributed by atoms with E-state index >= 15 is 0 Å². The van der Waals surface area contributed by atoms with Gasteiger partial charge in [-0.15, -0.1) is 0 Å². The fourth-order valence-corrected chi connectivity index (χ4v) is 5.58. The number of hydrogen-bond donors (Lipinski definition) is 2.